The predicted molar refractivity (Wildman–Crippen MR) is 110 cm³/mol. The molecule has 28 heavy (non-hydrogen) atoms. The van der Waals surface area contributed by atoms with Gasteiger partial charge in [0, 0.05) is 16.7 Å². The summed E-state index contributed by atoms with van der Waals surface area (Å²) in [4.78, 5) is 17.2. The summed E-state index contributed by atoms with van der Waals surface area (Å²) in [7, 11) is 0. The van der Waals surface area contributed by atoms with Crippen molar-refractivity contribution < 1.29 is 9.53 Å². The second-order valence-electron chi connectivity index (χ2n) is 6.15. The molecule has 0 fully saturated rings. The molecular formula is C24H18N2O2. The zero-order chi connectivity index (χ0) is 19.3. The van der Waals surface area contributed by atoms with Crippen molar-refractivity contribution in [3.05, 3.63) is 90.0 Å². The molecule has 0 spiro atoms. The molecule has 0 saturated heterocycles. The number of rotatable bonds is 2. The maximum absolute atomic E-state index is 12.5. The molecule has 3 aromatic carbocycles. The summed E-state index contributed by atoms with van der Waals surface area (Å²) < 4.78 is 6.75. The van der Waals surface area contributed by atoms with Crippen LogP contribution in [0.2, 0.25) is 0 Å². The van der Waals surface area contributed by atoms with Gasteiger partial charge in [0.05, 0.1) is 17.6 Å². The van der Waals surface area contributed by atoms with Gasteiger partial charge in [-0.2, -0.15) is 0 Å². The van der Waals surface area contributed by atoms with Crippen LogP contribution >= 0.6 is 0 Å². The number of carbonyl (C=O) groups is 1. The van der Waals surface area contributed by atoms with Gasteiger partial charge in [0.1, 0.15) is 0 Å². The average Bonchev–Trinajstić information content (AvgIpc) is 3.13. The van der Waals surface area contributed by atoms with Crippen molar-refractivity contribution in [2.75, 3.05) is 6.61 Å². The van der Waals surface area contributed by atoms with E-state index in [0.717, 1.165) is 27.7 Å². The Morgan fingerprint density at radius 3 is 2.25 bits per heavy atom. The Kier molecular flexibility index (Phi) is 4.90. The fraction of sp³-hybridized carbons (Fsp3) is 0.0833. The van der Waals surface area contributed by atoms with Gasteiger partial charge >= 0.3 is 6.09 Å². The van der Waals surface area contributed by atoms with Gasteiger partial charge in [-0.05, 0) is 43.3 Å². The van der Waals surface area contributed by atoms with E-state index in [1.54, 1.807) is 6.92 Å². The highest BCUT2D eigenvalue weighted by Crippen LogP contribution is 2.25. The van der Waals surface area contributed by atoms with E-state index >= 15 is 0 Å². The number of carbonyl (C=O) groups excluding carboxylic acids is 1. The minimum absolute atomic E-state index is 0.304. The smallest absolute Gasteiger partial charge is 0.420 e. The van der Waals surface area contributed by atoms with E-state index in [1.807, 2.05) is 78.9 Å². The van der Waals surface area contributed by atoms with Crippen LogP contribution in [0.15, 0.2) is 78.9 Å². The Morgan fingerprint density at radius 2 is 1.54 bits per heavy atom. The summed E-state index contributed by atoms with van der Waals surface area (Å²) in [6, 6.07) is 25.1. The van der Waals surface area contributed by atoms with E-state index in [-0.39, 0.29) is 0 Å². The SMILES string of the molecule is CCOC(=O)n1c(-c2ccc(C#Cc3ccccc3)cc2)nc2ccccc21. The lowest BCUT2D eigenvalue weighted by atomic mass is 10.1. The Balaban J connectivity index is 1.71. The molecule has 4 heteroatoms. The topological polar surface area (TPSA) is 44.1 Å². The first-order valence-corrected chi connectivity index (χ1v) is 9.08. The van der Waals surface area contributed by atoms with Gasteiger partial charge in [0.2, 0.25) is 0 Å². The number of fused-ring (bicyclic) bond motifs is 1. The van der Waals surface area contributed by atoms with Gasteiger partial charge in [-0.15, -0.1) is 0 Å². The zero-order valence-corrected chi connectivity index (χ0v) is 15.4. The molecule has 0 amide bonds. The Labute approximate surface area is 163 Å². The Morgan fingerprint density at radius 1 is 0.893 bits per heavy atom. The fourth-order valence-electron chi connectivity index (χ4n) is 2.96. The molecule has 136 valence electrons. The van der Waals surface area contributed by atoms with E-state index in [4.69, 9.17) is 4.74 Å². The second kappa shape index (κ2) is 7.81. The molecule has 4 aromatic rings. The van der Waals surface area contributed by atoms with Crippen LogP contribution in [0.5, 0.6) is 0 Å². The number of imidazole rings is 1. The number of hydrogen-bond acceptors (Lipinski definition) is 3. The van der Waals surface area contributed by atoms with Gasteiger partial charge in [-0.3, -0.25) is 0 Å². The largest absolute Gasteiger partial charge is 0.449 e. The number of para-hydroxylation sites is 2. The lowest BCUT2D eigenvalue weighted by Crippen LogP contribution is -2.14. The molecule has 4 rings (SSSR count). The highest BCUT2D eigenvalue weighted by atomic mass is 16.5. The molecule has 0 aliphatic carbocycles. The zero-order valence-electron chi connectivity index (χ0n) is 15.4. The van der Waals surface area contributed by atoms with Crippen LogP contribution in [0.1, 0.15) is 18.1 Å². The maximum Gasteiger partial charge on any atom is 0.420 e. The van der Waals surface area contributed by atoms with Crippen molar-refractivity contribution in [3.8, 4) is 23.2 Å². The number of nitrogens with zero attached hydrogens (tertiary/aromatic N) is 2. The molecule has 0 N–H and O–H groups in total. The molecule has 0 aliphatic rings. The van der Waals surface area contributed by atoms with Crippen LogP contribution in [0, 0.1) is 11.8 Å². The molecule has 0 unspecified atom stereocenters. The molecule has 0 atom stereocenters. The first-order valence-electron chi connectivity index (χ1n) is 9.08. The normalized spacial score (nSPS) is 10.3. The van der Waals surface area contributed by atoms with E-state index in [2.05, 4.69) is 16.8 Å². The van der Waals surface area contributed by atoms with Crippen LogP contribution in [-0.2, 0) is 4.74 Å². The maximum atomic E-state index is 12.5. The summed E-state index contributed by atoms with van der Waals surface area (Å²) in [5, 5.41) is 0. The number of benzene rings is 3. The standard InChI is InChI=1S/C24H18N2O2/c1-2-28-24(27)26-22-11-7-6-10-21(22)25-23(26)20-16-14-19(15-17-20)13-12-18-8-4-3-5-9-18/h3-11,14-17H,2H2,1H3. The number of ether oxygens (including phenoxy) is 1. The first kappa shape index (κ1) is 17.6. The summed E-state index contributed by atoms with van der Waals surface area (Å²) >= 11 is 0. The van der Waals surface area contributed by atoms with Crippen LogP contribution < -0.4 is 0 Å². The fourth-order valence-corrected chi connectivity index (χ4v) is 2.96. The number of hydrogen-bond donors (Lipinski definition) is 0. The minimum atomic E-state index is -0.431. The molecule has 0 bridgehead atoms. The molecule has 0 saturated carbocycles. The summed E-state index contributed by atoms with van der Waals surface area (Å²) in [6.45, 7) is 2.09. The van der Waals surface area contributed by atoms with Gasteiger partial charge in [0.25, 0.3) is 0 Å². The van der Waals surface area contributed by atoms with E-state index in [0.29, 0.717) is 12.4 Å². The quantitative estimate of drug-likeness (QED) is 0.463. The minimum Gasteiger partial charge on any atom is -0.449 e. The number of aromatic nitrogens is 2. The molecule has 1 heterocycles. The van der Waals surface area contributed by atoms with Crippen LogP contribution in [-0.4, -0.2) is 22.3 Å². The van der Waals surface area contributed by atoms with Crippen LogP contribution in [0.3, 0.4) is 0 Å². The van der Waals surface area contributed by atoms with Gasteiger partial charge in [-0.1, -0.05) is 54.3 Å². The third-order valence-electron chi connectivity index (χ3n) is 4.28. The third kappa shape index (κ3) is 3.51. The summed E-state index contributed by atoms with van der Waals surface area (Å²) in [6.07, 6.45) is -0.431. The molecule has 1 aromatic heterocycles. The van der Waals surface area contributed by atoms with Gasteiger partial charge in [0.15, 0.2) is 5.82 Å². The highest BCUT2D eigenvalue weighted by molar-refractivity contribution is 5.91. The van der Waals surface area contributed by atoms with Crippen molar-refractivity contribution in [2.24, 2.45) is 0 Å². The predicted octanol–water partition coefficient (Wildman–Crippen LogP) is 5.11. The summed E-state index contributed by atoms with van der Waals surface area (Å²) in [5.41, 5.74) is 4.17. The average molecular weight is 366 g/mol. The lowest BCUT2D eigenvalue weighted by molar-refractivity contribution is 0.155. The molecule has 0 aliphatic heterocycles. The van der Waals surface area contributed by atoms with Crippen LogP contribution in [0.25, 0.3) is 22.4 Å². The van der Waals surface area contributed by atoms with Crippen molar-refractivity contribution >= 4 is 17.1 Å². The van der Waals surface area contributed by atoms with E-state index in [1.165, 1.54) is 4.57 Å². The lowest BCUT2D eigenvalue weighted by Gasteiger charge is -2.07. The van der Waals surface area contributed by atoms with E-state index in [9.17, 15) is 4.79 Å². The Bertz CT molecular complexity index is 1180. The Hall–Kier alpha value is -3.84. The monoisotopic (exact) mass is 366 g/mol. The van der Waals surface area contributed by atoms with Crippen molar-refractivity contribution in [3.63, 3.8) is 0 Å². The van der Waals surface area contributed by atoms with Crippen LogP contribution in [0.4, 0.5) is 4.79 Å². The molecule has 4 nitrogen and oxygen atoms in total. The molecule has 0 radical (unpaired) electrons. The van der Waals surface area contributed by atoms with E-state index < -0.39 is 6.09 Å². The van der Waals surface area contributed by atoms with Crippen molar-refractivity contribution in [1.82, 2.24) is 9.55 Å². The summed E-state index contributed by atoms with van der Waals surface area (Å²) in [5.74, 6) is 6.86. The van der Waals surface area contributed by atoms with Gasteiger partial charge < -0.3 is 4.74 Å². The van der Waals surface area contributed by atoms with Crippen molar-refractivity contribution in [1.29, 1.82) is 0 Å². The molecular weight excluding hydrogens is 348 g/mol. The third-order valence-corrected chi connectivity index (χ3v) is 4.28. The van der Waals surface area contributed by atoms with Gasteiger partial charge in [-0.25, -0.2) is 14.3 Å². The first-order chi connectivity index (χ1) is 13.8. The highest BCUT2D eigenvalue weighted by Gasteiger charge is 2.18. The second-order valence-corrected chi connectivity index (χ2v) is 6.15. The van der Waals surface area contributed by atoms with Crippen molar-refractivity contribution in [2.45, 2.75) is 6.92 Å².